The van der Waals surface area contributed by atoms with Gasteiger partial charge in [0.05, 0.1) is 13.2 Å². The molecule has 2 aliphatic rings. The van der Waals surface area contributed by atoms with Crippen molar-refractivity contribution in [1.29, 1.82) is 0 Å². The van der Waals surface area contributed by atoms with Gasteiger partial charge in [-0.25, -0.2) is 0 Å². The number of hydrogen-bond donors (Lipinski definition) is 1. The molecule has 2 fully saturated rings. The number of aryl methyl sites for hydroxylation is 1. The molecule has 1 amide bonds. The van der Waals surface area contributed by atoms with E-state index in [1.54, 1.807) is 0 Å². The van der Waals surface area contributed by atoms with Gasteiger partial charge in [-0.1, -0.05) is 0 Å². The van der Waals surface area contributed by atoms with Crippen molar-refractivity contribution in [1.82, 2.24) is 19.7 Å². The third-order valence-electron chi connectivity index (χ3n) is 4.66. The van der Waals surface area contributed by atoms with Crippen molar-refractivity contribution in [2.24, 2.45) is 7.05 Å². The molecule has 1 aromatic heterocycles. The first kappa shape index (κ1) is 15.5. The second-order valence-corrected chi connectivity index (χ2v) is 6.10. The first-order chi connectivity index (χ1) is 10.8. The maximum Gasteiger partial charge on any atom is 0.270 e. The number of nitrogens with zero attached hydrogens (tertiary/aromatic N) is 3. The Morgan fingerprint density at radius 1 is 1.45 bits per heavy atom. The number of nitrogens with one attached hydrogen (secondary N) is 1. The zero-order valence-electron chi connectivity index (χ0n) is 13.3. The highest BCUT2D eigenvalue weighted by atomic mass is 16.5. The van der Waals surface area contributed by atoms with Gasteiger partial charge in [-0.3, -0.25) is 9.69 Å². The summed E-state index contributed by atoms with van der Waals surface area (Å²) in [7, 11) is 1.93. The van der Waals surface area contributed by atoms with Gasteiger partial charge in [0.1, 0.15) is 5.69 Å². The van der Waals surface area contributed by atoms with Crippen LogP contribution in [0.2, 0.25) is 0 Å². The molecule has 2 saturated heterocycles. The number of carbonyl (C=O) groups is 1. The zero-order valence-corrected chi connectivity index (χ0v) is 13.3. The van der Waals surface area contributed by atoms with E-state index < -0.39 is 0 Å². The molecule has 122 valence electrons. The maximum atomic E-state index is 12.9. The highest BCUT2D eigenvalue weighted by Gasteiger charge is 2.28. The van der Waals surface area contributed by atoms with Gasteiger partial charge < -0.3 is 19.5 Å². The Hall–Kier alpha value is -1.37. The van der Waals surface area contributed by atoms with Crippen molar-refractivity contribution in [3.63, 3.8) is 0 Å². The number of carbonyl (C=O) groups excluding carboxylic acids is 1. The summed E-state index contributed by atoms with van der Waals surface area (Å²) >= 11 is 0. The lowest BCUT2D eigenvalue weighted by molar-refractivity contribution is 0.0300. The lowest BCUT2D eigenvalue weighted by Crippen LogP contribution is -2.47. The largest absolute Gasteiger partial charge is 0.379 e. The Balaban J connectivity index is 1.66. The fourth-order valence-electron chi connectivity index (χ4n) is 3.26. The van der Waals surface area contributed by atoms with Crippen molar-refractivity contribution in [2.75, 3.05) is 52.5 Å². The van der Waals surface area contributed by atoms with E-state index in [1.807, 2.05) is 29.9 Å². The Morgan fingerprint density at radius 3 is 2.91 bits per heavy atom. The molecule has 0 spiro atoms. The van der Waals surface area contributed by atoms with Crippen LogP contribution < -0.4 is 5.32 Å². The molecule has 22 heavy (non-hydrogen) atoms. The molecule has 3 rings (SSSR count). The van der Waals surface area contributed by atoms with E-state index in [2.05, 4.69) is 15.1 Å². The molecule has 2 aliphatic heterocycles. The van der Waals surface area contributed by atoms with Gasteiger partial charge in [-0.05, 0) is 25.1 Å². The van der Waals surface area contributed by atoms with Gasteiger partial charge in [-0.2, -0.15) is 0 Å². The molecule has 0 saturated carbocycles. The van der Waals surface area contributed by atoms with Crippen LogP contribution >= 0.6 is 0 Å². The van der Waals surface area contributed by atoms with Crippen LogP contribution in [-0.2, 0) is 11.8 Å². The molecule has 1 atom stereocenters. The molecule has 1 N–H and O–H groups in total. The summed E-state index contributed by atoms with van der Waals surface area (Å²) < 4.78 is 7.30. The van der Waals surface area contributed by atoms with E-state index in [0.717, 1.165) is 64.6 Å². The van der Waals surface area contributed by atoms with Gasteiger partial charge in [0.15, 0.2) is 0 Å². The van der Waals surface area contributed by atoms with Crippen LogP contribution in [0, 0.1) is 0 Å². The van der Waals surface area contributed by atoms with E-state index >= 15 is 0 Å². The van der Waals surface area contributed by atoms with E-state index in [1.165, 1.54) is 0 Å². The molecule has 1 aromatic rings. The van der Waals surface area contributed by atoms with E-state index in [9.17, 15) is 4.79 Å². The minimum atomic E-state index is 0.148. The average molecular weight is 306 g/mol. The summed E-state index contributed by atoms with van der Waals surface area (Å²) in [5.41, 5.74) is 0.772. The fourth-order valence-corrected chi connectivity index (χ4v) is 3.26. The van der Waals surface area contributed by atoms with E-state index in [0.29, 0.717) is 6.04 Å². The van der Waals surface area contributed by atoms with Crippen LogP contribution in [0.1, 0.15) is 16.9 Å². The average Bonchev–Trinajstić information content (AvgIpc) is 3.20. The molecule has 0 aromatic carbocycles. The fraction of sp³-hybridized carbons (Fsp3) is 0.688. The first-order valence-electron chi connectivity index (χ1n) is 8.19. The van der Waals surface area contributed by atoms with Crippen molar-refractivity contribution in [3.05, 3.63) is 24.0 Å². The summed E-state index contributed by atoms with van der Waals surface area (Å²) in [5, 5.41) is 3.37. The molecule has 6 heteroatoms. The van der Waals surface area contributed by atoms with E-state index in [-0.39, 0.29) is 5.91 Å². The number of hydrogen-bond acceptors (Lipinski definition) is 4. The third kappa shape index (κ3) is 3.51. The number of amides is 1. The molecule has 0 bridgehead atoms. The smallest absolute Gasteiger partial charge is 0.270 e. The van der Waals surface area contributed by atoms with Crippen LogP contribution in [0.5, 0.6) is 0 Å². The highest BCUT2D eigenvalue weighted by molar-refractivity contribution is 5.93. The van der Waals surface area contributed by atoms with Crippen molar-refractivity contribution < 1.29 is 9.53 Å². The van der Waals surface area contributed by atoms with Crippen molar-refractivity contribution in [2.45, 2.75) is 12.5 Å². The van der Waals surface area contributed by atoms with Gasteiger partial charge in [-0.15, -0.1) is 0 Å². The monoisotopic (exact) mass is 306 g/mol. The maximum absolute atomic E-state index is 12.9. The summed E-state index contributed by atoms with van der Waals surface area (Å²) in [6, 6.07) is 4.15. The zero-order chi connectivity index (χ0) is 15.4. The molecule has 3 heterocycles. The number of aromatic nitrogens is 1. The lowest BCUT2D eigenvalue weighted by Gasteiger charge is -2.33. The topological polar surface area (TPSA) is 49.7 Å². The van der Waals surface area contributed by atoms with Crippen LogP contribution in [0.15, 0.2) is 18.3 Å². The summed E-state index contributed by atoms with van der Waals surface area (Å²) in [6.07, 6.45) is 2.97. The Labute approximate surface area is 132 Å². The van der Waals surface area contributed by atoms with Gasteiger partial charge in [0.25, 0.3) is 5.91 Å². The van der Waals surface area contributed by atoms with Crippen LogP contribution in [-0.4, -0.2) is 78.8 Å². The lowest BCUT2D eigenvalue weighted by atomic mass is 10.2. The Kier molecular flexibility index (Phi) is 5.12. The number of morpholine rings is 1. The Morgan fingerprint density at radius 2 is 2.27 bits per heavy atom. The molecule has 0 aliphatic carbocycles. The summed E-state index contributed by atoms with van der Waals surface area (Å²) in [6.45, 7) is 7.16. The predicted molar refractivity (Wildman–Crippen MR) is 85.0 cm³/mol. The SMILES string of the molecule is Cn1cccc1C(=O)N(CCN1CCOCC1)C1CCNC1. The minimum Gasteiger partial charge on any atom is -0.379 e. The molecular formula is C16H26N4O2. The van der Waals surface area contributed by atoms with Crippen LogP contribution in [0.3, 0.4) is 0 Å². The quantitative estimate of drug-likeness (QED) is 0.842. The Bertz CT molecular complexity index is 490. The normalized spacial score (nSPS) is 22.9. The molecule has 0 radical (unpaired) electrons. The van der Waals surface area contributed by atoms with Gasteiger partial charge in [0.2, 0.25) is 0 Å². The summed E-state index contributed by atoms with van der Waals surface area (Å²) in [5.74, 6) is 0.148. The predicted octanol–water partition coefficient (Wildman–Crippen LogP) is 0.161. The molecule has 6 nitrogen and oxygen atoms in total. The standard InChI is InChI=1S/C16H26N4O2/c1-18-6-2-3-15(18)16(21)20(14-4-5-17-13-14)8-7-19-9-11-22-12-10-19/h2-3,6,14,17H,4-5,7-13H2,1H3. The second-order valence-electron chi connectivity index (χ2n) is 6.10. The highest BCUT2D eigenvalue weighted by Crippen LogP contribution is 2.14. The minimum absolute atomic E-state index is 0.148. The summed E-state index contributed by atoms with van der Waals surface area (Å²) in [4.78, 5) is 17.4. The number of ether oxygens (including phenoxy) is 1. The molecular weight excluding hydrogens is 280 g/mol. The first-order valence-corrected chi connectivity index (χ1v) is 8.19. The molecule has 1 unspecified atom stereocenters. The van der Waals surface area contributed by atoms with Crippen LogP contribution in [0.4, 0.5) is 0 Å². The third-order valence-corrected chi connectivity index (χ3v) is 4.66. The van der Waals surface area contributed by atoms with Gasteiger partial charge in [0, 0.05) is 52.0 Å². The van der Waals surface area contributed by atoms with E-state index in [4.69, 9.17) is 4.74 Å². The van der Waals surface area contributed by atoms with Gasteiger partial charge >= 0.3 is 0 Å². The van der Waals surface area contributed by atoms with Crippen LogP contribution in [0.25, 0.3) is 0 Å². The number of rotatable bonds is 5. The van der Waals surface area contributed by atoms with Crippen molar-refractivity contribution >= 4 is 5.91 Å². The van der Waals surface area contributed by atoms with Crippen molar-refractivity contribution in [3.8, 4) is 0 Å². The second kappa shape index (κ2) is 7.26.